The number of aromatic nitrogens is 2. The van der Waals surface area contributed by atoms with Crippen molar-refractivity contribution in [3.8, 4) is 17.7 Å². The van der Waals surface area contributed by atoms with Crippen LogP contribution in [0.3, 0.4) is 0 Å². The summed E-state index contributed by atoms with van der Waals surface area (Å²) in [5, 5.41) is 30.1. The third-order valence-electron chi connectivity index (χ3n) is 2.87. The molecule has 0 aliphatic rings. The molecule has 134 valence electrons. The fourth-order valence-corrected chi connectivity index (χ4v) is 2.28. The Hall–Kier alpha value is -3.86. The second-order valence-corrected chi connectivity index (χ2v) is 6.63. The molecule has 0 atom stereocenters. The Morgan fingerprint density at radius 1 is 1.23 bits per heavy atom. The SMILES string of the molecule is CS(=O)(=O)c1nc(N)c([N+](=O)[O-])c(Oc2ccc(C#N)c([N+](=O)[O-])c2)n1. The molecule has 0 saturated heterocycles. The fourth-order valence-electron chi connectivity index (χ4n) is 1.77. The number of sulfone groups is 1. The van der Waals surface area contributed by atoms with E-state index in [1.807, 2.05) is 0 Å². The molecular weight excluding hydrogens is 372 g/mol. The highest BCUT2D eigenvalue weighted by molar-refractivity contribution is 7.90. The first-order valence-electron chi connectivity index (χ1n) is 6.43. The average molecular weight is 380 g/mol. The van der Waals surface area contributed by atoms with Gasteiger partial charge in [-0.15, -0.1) is 0 Å². The Kier molecular flexibility index (Phi) is 4.67. The van der Waals surface area contributed by atoms with Crippen molar-refractivity contribution in [2.45, 2.75) is 5.16 Å². The second kappa shape index (κ2) is 6.57. The van der Waals surface area contributed by atoms with Crippen LogP contribution in [-0.4, -0.2) is 34.5 Å². The summed E-state index contributed by atoms with van der Waals surface area (Å²) >= 11 is 0. The molecule has 13 nitrogen and oxygen atoms in total. The van der Waals surface area contributed by atoms with Crippen LogP contribution in [0.15, 0.2) is 23.4 Å². The molecule has 2 aromatic rings. The van der Waals surface area contributed by atoms with Crippen LogP contribution in [0.25, 0.3) is 0 Å². The lowest BCUT2D eigenvalue weighted by Crippen LogP contribution is -2.10. The number of hydrogen-bond donors (Lipinski definition) is 1. The van der Waals surface area contributed by atoms with Gasteiger partial charge in [0.2, 0.25) is 15.7 Å². The Balaban J connectivity index is 2.64. The zero-order valence-corrected chi connectivity index (χ0v) is 13.6. The quantitative estimate of drug-likeness (QED) is 0.438. The van der Waals surface area contributed by atoms with Gasteiger partial charge in [0.1, 0.15) is 17.4 Å². The van der Waals surface area contributed by atoms with E-state index in [9.17, 15) is 28.6 Å². The maximum atomic E-state index is 11.6. The van der Waals surface area contributed by atoms with Crippen LogP contribution < -0.4 is 10.5 Å². The van der Waals surface area contributed by atoms with Crippen LogP contribution in [0.2, 0.25) is 0 Å². The lowest BCUT2D eigenvalue weighted by atomic mass is 10.2. The first-order chi connectivity index (χ1) is 12.0. The van der Waals surface area contributed by atoms with Gasteiger partial charge in [0.05, 0.1) is 15.9 Å². The van der Waals surface area contributed by atoms with Gasteiger partial charge in [-0.05, 0) is 12.1 Å². The van der Waals surface area contributed by atoms with E-state index in [0.717, 1.165) is 24.5 Å². The van der Waals surface area contributed by atoms with Crippen molar-refractivity contribution in [1.29, 1.82) is 5.26 Å². The Morgan fingerprint density at radius 2 is 1.88 bits per heavy atom. The predicted octanol–water partition coefficient (Wildman–Crippen LogP) is 0.943. The van der Waals surface area contributed by atoms with Gasteiger partial charge in [-0.25, -0.2) is 8.42 Å². The summed E-state index contributed by atoms with van der Waals surface area (Å²) in [5.41, 5.74) is 3.62. The molecule has 2 N–H and O–H groups in total. The number of ether oxygens (including phenoxy) is 1. The predicted molar refractivity (Wildman–Crippen MR) is 84.1 cm³/mol. The van der Waals surface area contributed by atoms with Crippen molar-refractivity contribution in [1.82, 2.24) is 9.97 Å². The average Bonchev–Trinajstić information content (AvgIpc) is 2.53. The number of anilines is 1. The van der Waals surface area contributed by atoms with Crippen LogP contribution in [-0.2, 0) is 9.84 Å². The summed E-state index contributed by atoms with van der Waals surface area (Å²) in [6.07, 6.45) is 0.754. The molecule has 0 unspecified atom stereocenters. The van der Waals surface area contributed by atoms with Crippen molar-refractivity contribution >= 4 is 27.0 Å². The zero-order valence-electron chi connectivity index (χ0n) is 12.8. The molecule has 1 aromatic heterocycles. The second-order valence-electron chi connectivity index (χ2n) is 4.72. The third kappa shape index (κ3) is 3.62. The minimum Gasteiger partial charge on any atom is -0.433 e. The van der Waals surface area contributed by atoms with Gasteiger partial charge in [-0.3, -0.25) is 20.2 Å². The molecule has 0 saturated carbocycles. The molecule has 26 heavy (non-hydrogen) atoms. The number of nitriles is 1. The third-order valence-corrected chi connectivity index (χ3v) is 3.72. The summed E-state index contributed by atoms with van der Waals surface area (Å²) in [5.74, 6) is -1.87. The van der Waals surface area contributed by atoms with Crippen LogP contribution in [0.1, 0.15) is 5.56 Å². The molecule has 0 amide bonds. The van der Waals surface area contributed by atoms with Gasteiger partial charge in [-0.2, -0.15) is 15.2 Å². The van der Waals surface area contributed by atoms with Gasteiger partial charge in [0.25, 0.3) is 10.8 Å². The summed E-state index contributed by atoms with van der Waals surface area (Å²) in [6, 6.07) is 4.61. The number of benzene rings is 1. The molecule has 0 bridgehead atoms. The Morgan fingerprint density at radius 3 is 2.38 bits per heavy atom. The Labute approximate surface area is 144 Å². The minimum atomic E-state index is -3.97. The van der Waals surface area contributed by atoms with E-state index in [1.54, 1.807) is 6.07 Å². The highest BCUT2D eigenvalue weighted by Crippen LogP contribution is 2.35. The van der Waals surface area contributed by atoms with Crippen LogP contribution >= 0.6 is 0 Å². The summed E-state index contributed by atoms with van der Waals surface area (Å²) in [6.45, 7) is 0. The maximum absolute atomic E-state index is 11.6. The van der Waals surface area contributed by atoms with E-state index < -0.39 is 47.9 Å². The summed E-state index contributed by atoms with van der Waals surface area (Å²) < 4.78 is 28.3. The van der Waals surface area contributed by atoms with Gasteiger partial charge in [0, 0.05) is 6.26 Å². The van der Waals surface area contributed by atoms with Crippen LogP contribution in [0.5, 0.6) is 11.6 Å². The number of rotatable bonds is 5. The lowest BCUT2D eigenvalue weighted by Gasteiger charge is -2.08. The van der Waals surface area contributed by atoms with Crippen molar-refractivity contribution < 1.29 is 23.0 Å². The fraction of sp³-hybridized carbons (Fsp3) is 0.0833. The van der Waals surface area contributed by atoms with E-state index in [0.29, 0.717) is 0 Å². The molecule has 0 radical (unpaired) electrons. The summed E-state index contributed by atoms with van der Waals surface area (Å²) in [7, 11) is -3.97. The number of nitrogens with two attached hydrogens (primary N) is 1. The van der Waals surface area contributed by atoms with Gasteiger partial charge in [-0.1, -0.05) is 0 Å². The molecular formula is C12H8N6O7S. The number of nitrogen functional groups attached to an aromatic ring is 1. The van der Waals surface area contributed by atoms with Crippen molar-refractivity contribution in [2.75, 3.05) is 12.0 Å². The van der Waals surface area contributed by atoms with Crippen molar-refractivity contribution in [2.24, 2.45) is 0 Å². The summed E-state index contributed by atoms with van der Waals surface area (Å²) in [4.78, 5) is 27.1. The monoisotopic (exact) mass is 380 g/mol. The highest BCUT2D eigenvalue weighted by atomic mass is 32.2. The number of nitro benzene ring substituents is 1. The normalized spacial score (nSPS) is 10.8. The van der Waals surface area contributed by atoms with Crippen molar-refractivity contribution in [3.05, 3.63) is 44.0 Å². The van der Waals surface area contributed by atoms with Crippen LogP contribution in [0.4, 0.5) is 17.2 Å². The first-order valence-corrected chi connectivity index (χ1v) is 8.32. The zero-order chi connectivity index (χ0) is 19.6. The molecule has 0 spiro atoms. The number of hydrogen-bond acceptors (Lipinski definition) is 11. The van der Waals surface area contributed by atoms with Crippen LogP contribution in [0, 0.1) is 31.6 Å². The van der Waals surface area contributed by atoms with Crippen molar-refractivity contribution in [3.63, 3.8) is 0 Å². The van der Waals surface area contributed by atoms with Gasteiger partial charge < -0.3 is 10.5 Å². The molecule has 1 heterocycles. The van der Waals surface area contributed by atoms with E-state index in [-0.39, 0.29) is 11.3 Å². The van der Waals surface area contributed by atoms with Gasteiger partial charge >= 0.3 is 11.6 Å². The van der Waals surface area contributed by atoms with E-state index in [2.05, 4.69) is 9.97 Å². The topological polar surface area (TPSA) is 205 Å². The molecule has 2 rings (SSSR count). The number of nitrogens with zero attached hydrogens (tertiary/aromatic N) is 5. The van der Waals surface area contributed by atoms with E-state index in [4.69, 9.17) is 15.7 Å². The number of nitro groups is 2. The largest absolute Gasteiger partial charge is 0.433 e. The maximum Gasteiger partial charge on any atom is 0.373 e. The molecule has 0 aliphatic heterocycles. The molecule has 0 fully saturated rings. The first kappa shape index (κ1) is 18.5. The smallest absolute Gasteiger partial charge is 0.373 e. The minimum absolute atomic E-state index is 0.268. The molecule has 14 heteroatoms. The van der Waals surface area contributed by atoms with E-state index in [1.165, 1.54) is 0 Å². The van der Waals surface area contributed by atoms with Gasteiger partial charge in [0.15, 0.2) is 0 Å². The molecule has 1 aromatic carbocycles. The highest BCUT2D eigenvalue weighted by Gasteiger charge is 2.28. The molecule has 0 aliphatic carbocycles. The van der Waals surface area contributed by atoms with E-state index >= 15 is 0 Å². The lowest BCUT2D eigenvalue weighted by molar-refractivity contribution is -0.385. The standard InChI is InChI=1S/C12H8N6O7S/c1-26(23,24)12-15-10(14)9(18(21)22)11(16-12)25-7-3-2-6(5-13)8(4-7)17(19)20/h2-4H,1H3,(H2,14,15,16). The Bertz CT molecular complexity index is 1080.